The number of para-hydroxylation sites is 1. The maximum Gasteiger partial charge on any atom is 0.243 e. The Balaban J connectivity index is 0.00000288. The minimum atomic E-state index is -0.106. The Kier molecular flexibility index (Phi) is 9.39. The van der Waals surface area contributed by atoms with E-state index in [1.807, 2.05) is 30.3 Å². The molecule has 1 aromatic carbocycles. The molecule has 3 N–H and O–H groups in total. The molecule has 2 rings (SSSR count). The predicted molar refractivity (Wildman–Crippen MR) is 113 cm³/mol. The number of guanidine groups is 1. The lowest BCUT2D eigenvalue weighted by molar-refractivity contribution is -0.115. The highest BCUT2D eigenvalue weighted by Gasteiger charge is 2.08. The summed E-state index contributed by atoms with van der Waals surface area (Å²) in [6.45, 7) is 3.09. The van der Waals surface area contributed by atoms with Gasteiger partial charge in [0, 0.05) is 19.3 Å². The van der Waals surface area contributed by atoms with Crippen molar-refractivity contribution in [2.45, 2.75) is 12.8 Å². The van der Waals surface area contributed by atoms with Crippen molar-refractivity contribution < 1.29 is 4.79 Å². The topological polar surface area (TPSA) is 65.5 Å². The molecule has 0 saturated carbocycles. The third-order valence-electron chi connectivity index (χ3n) is 3.39. The lowest BCUT2D eigenvalue weighted by Crippen LogP contribution is -2.42. The van der Waals surface area contributed by atoms with Gasteiger partial charge in [0.2, 0.25) is 5.91 Å². The normalized spacial score (nSPS) is 12.0. The van der Waals surface area contributed by atoms with Gasteiger partial charge in [-0.05, 0) is 40.4 Å². The maximum absolute atomic E-state index is 11.9. The SMILES string of the molecule is CN=C(NCC(=O)Nc1ccccc1)NCC(C)c1ccsc1.I. The molecule has 0 aliphatic rings. The van der Waals surface area contributed by atoms with E-state index in [4.69, 9.17) is 0 Å². The van der Waals surface area contributed by atoms with E-state index in [1.54, 1.807) is 18.4 Å². The molecule has 0 saturated heterocycles. The summed E-state index contributed by atoms with van der Waals surface area (Å²) < 4.78 is 0. The van der Waals surface area contributed by atoms with E-state index in [0.29, 0.717) is 11.9 Å². The summed E-state index contributed by atoms with van der Waals surface area (Å²) in [6.07, 6.45) is 0. The number of benzene rings is 1. The van der Waals surface area contributed by atoms with E-state index < -0.39 is 0 Å². The minimum absolute atomic E-state index is 0. The van der Waals surface area contributed by atoms with Gasteiger partial charge in [0.1, 0.15) is 0 Å². The molecule has 0 aliphatic heterocycles. The van der Waals surface area contributed by atoms with E-state index in [9.17, 15) is 4.79 Å². The van der Waals surface area contributed by atoms with Crippen LogP contribution in [-0.4, -0.2) is 32.0 Å². The highest BCUT2D eigenvalue weighted by Crippen LogP contribution is 2.16. The molecule has 2 aromatic rings. The molecule has 7 heteroatoms. The second-order valence-electron chi connectivity index (χ2n) is 5.18. The summed E-state index contributed by atoms with van der Waals surface area (Å²) in [5.41, 5.74) is 2.09. The van der Waals surface area contributed by atoms with Crippen molar-refractivity contribution in [2.75, 3.05) is 25.5 Å². The smallest absolute Gasteiger partial charge is 0.243 e. The van der Waals surface area contributed by atoms with Crippen LogP contribution in [0.2, 0.25) is 0 Å². The standard InChI is InChI=1S/C17H22N4OS.HI/c1-13(14-8-9-23-12-14)10-19-17(18-2)20-11-16(22)21-15-6-4-3-5-7-15;/h3-9,12-13H,10-11H2,1-2H3,(H,21,22)(H2,18,19,20);1H. The quantitative estimate of drug-likeness (QED) is 0.354. The number of amides is 1. The zero-order chi connectivity index (χ0) is 16.5. The van der Waals surface area contributed by atoms with Crippen molar-refractivity contribution in [1.82, 2.24) is 10.6 Å². The number of thiophene rings is 1. The van der Waals surface area contributed by atoms with E-state index in [1.165, 1.54) is 5.56 Å². The summed E-state index contributed by atoms with van der Waals surface area (Å²) >= 11 is 1.70. The summed E-state index contributed by atoms with van der Waals surface area (Å²) in [6, 6.07) is 11.5. The zero-order valence-electron chi connectivity index (χ0n) is 13.8. The zero-order valence-corrected chi connectivity index (χ0v) is 16.9. The average molecular weight is 458 g/mol. The first-order valence-corrected chi connectivity index (χ1v) is 8.45. The Labute approximate surface area is 164 Å². The Morgan fingerprint density at radius 2 is 1.96 bits per heavy atom. The van der Waals surface area contributed by atoms with Gasteiger partial charge in [-0.2, -0.15) is 11.3 Å². The first kappa shape index (κ1) is 20.4. The number of carbonyl (C=O) groups is 1. The lowest BCUT2D eigenvalue weighted by Gasteiger charge is -2.15. The average Bonchev–Trinajstić information content (AvgIpc) is 3.10. The Morgan fingerprint density at radius 1 is 1.21 bits per heavy atom. The third kappa shape index (κ3) is 6.88. The summed E-state index contributed by atoms with van der Waals surface area (Å²) in [5, 5.41) is 13.3. The maximum atomic E-state index is 11.9. The van der Waals surface area contributed by atoms with Gasteiger partial charge >= 0.3 is 0 Å². The van der Waals surface area contributed by atoms with Gasteiger partial charge in [0.25, 0.3) is 0 Å². The molecule has 0 spiro atoms. The van der Waals surface area contributed by atoms with Crippen LogP contribution < -0.4 is 16.0 Å². The number of anilines is 1. The monoisotopic (exact) mass is 458 g/mol. The van der Waals surface area contributed by atoms with Gasteiger partial charge in [-0.15, -0.1) is 24.0 Å². The van der Waals surface area contributed by atoms with Crippen LogP contribution >= 0.6 is 35.3 Å². The van der Waals surface area contributed by atoms with Crippen LogP contribution in [0.3, 0.4) is 0 Å². The van der Waals surface area contributed by atoms with Crippen LogP contribution in [0, 0.1) is 0 Å². The second kappa shape index (κ2) is 11.0. The highest BCUT2D eigenvalue weighted by atomic mass is 127. The second-order valence-corrected chi connectivity index (χ2v) is 5.96. The van der Waals surface area contributed by atoms with Crippen molar-refractivity contribution in [2.24, 2.45) is 4.99 Å². The molecule has 130 valence electrons. The Morgan fingerprint density at radius 3 is 2.58 bits per heavy atom. The van der Waals surface area contributed by atoms with Gasteiger partial charge in [0.15, 0.2) is 5.96 Å². The molecule has 0 fully saturated rings. The first-order chi connectivity index (χ1) is 11.2. The van der Waals surface area contributed by atoms with Gasteiger partial charge in [-0.3, -0.25) is 9.79 Å². The van der Waals surface area contributed by atoms with Crippen molar-refractivity contribution in [1.29, 1.82) is 0 Å². The van der Waals surface area contributed by atoms with Gasteiger partial charge < -0.3 is 16.0 Å². The van der Waals surface area contributed by atoms with E-state index in [0.717, 1.165) is 12.2 Å². The summed E-state index contributed by atoms with van der Waals surface area (Å²) in [4.78, 5) is 16.0. The number of nitrogens with zero attached hydrogens (tertiary/aromatic N) is 1. The fourth-order valence-electron chi connectivity index (χ4n) is 2.03. The largest absolute Gasteiger partial charge is 0.356 e. The number of halogens is 1. The van der Waals surface area contributed by atoms with E-state index in [-0.39, 0.29) is 36.4 Å². The van der Waals surface area contributed by atoms with Crippen LogP contribution in [0.25, 0.3) is 0 Å². The van der Waals surface area contributed by atoms with Crippen LogP contribution in [0.4, 0.5) is 5.69 Å². The number of rotatable bonds is 6. The summed E-state index contributed by atoms with van der Waals surface area (Å²) in [5.74, 6) is 0.901. The highest BCUT2D eigenvalue weighted by molar-refractivity contribution is 14.0. The molecule has 0 aliphatic carbocycles. The van der Waals surface area contributed by atoms with Crippen molar-refractivity contribution in [3.63, 3.8) is 0 Å². The van der Waals surface area contributed by atoms with Crippen LogP contribution in [-0.2, 0) is 4.79 Å². The number of nitrogens with one attached hydrogen (secondary N) is 3. The molecular weight excluding hydrogens is 435 g/mol. The summed E-state index contributed by atoms with van der Waals surface area (Å²) in [7, 11) is 1.69. The molecule has 24 heavy (non-hydrogen) atoms. The van der Waals surface area contributed by atoms with Crippen molar-refractivity contribution >= 4 is 52.9 Å². The molecule has 0 bridgehead atoms. The first-order valence-electron chi connectivity index (χ1n) is 7.50. The van der Waals surface area contributed by atoms with Crippen LogP contribution in [0.1, 0.15) is 18.4 Å². The van der Waals surface area contributed by atoms with Crippen molar-refractivity contribution in [3.8, 4) is 0 Å². The van der Waals surface area contributed by atoms with Crippen molar-refractivity contribution in [3.05, 3.63) is 52.7 Å². The molecule has 1 atom stereocenters. The Bertz CT molecular complexity index is 631. The fourth-order valence-corrected chi connectivity index (χ4v) is 2.82. The van der Waals surface area contributed by atoms with Crippen LogP contribution in [0.15, 0.2) is 52.2 Å². The molecule has 1 aromatic heterocycles. The number of carbonyl (C=O) groups excluding carboxylic acids is 1. The molecule has 1 amide bonds. The van der Waals surface area contributed by atoms with Gasteiger partial charge in [0.05, 0.1) is 6.54 Å². The molecule has 5 nitrogen and oxygen atoms in total. The van der Waals surface area contributed by atoms with Gasteiger partial charge in [-0.1, -0.05) is 25.1 Å². The number of hydrogen-bond donors (Lipinski definition) is 3. The molecule has 1 unspecified atom stereocenters. The number of aliphatic imine (C=N–C) groups is 1. The third-order valence-corrected chi connectivity index (χ3v) is 4.09. The lowest BCUT2D eigenvalue weighted by atomic mass is 10.1. The van der Waals surface area contributed by atoms with Gasteiger partial charge in [-0.25, -0.2) is 0 Å². The minimum Gasteiger partial charge on any atom is -0.356 e. The molecular formula is C17H23IN4OS. The molecule has 0 radical (unpaired) electrons. The number of hydrogen-bond acceptors (Lipinski definition) is 3. The molecule has 1 heterocycles. The van der Waals surface area contributed by atoms with E-state index in [2.05, 4.69) is 44.7 Å². The Hall–Kier alpha value is -1.61. The fraction of sp³-hybridized carbons (Fsp3) is 0.294. The predicted octanol–water partition coefficient (Wildman–Crippen LogP) is 3.27. The van der Waals surface area contributed by atoms with Crippen LogP contribution in [0.5, 0.6) is 0 Å². The van der Waals surface area contributed by atoms with E-state index >= 15 is 0 Å².